The van der Waals surface area contributed by atoms with E-state index in [1.54, 1.807) is 11.1 Å². The van der Waals surface area contributed by atoms with E-state index in [1.807, 2.05) is 35.8 Å². The monoisotopic (exact) mass is 307 g/mol. The van der Waals surface area contributed by atoms with Crippen LogP contribution in [0.25, 0.3) is 0 Å². The van der Waals surface area contributed by atoms with Gasteiger partial charge >= 0.3 is 6.09 Å². The van der Waals surface area contributed by atoms with Crippen LogP contribution in [0.1, 0.15) is 22.6 Å². The summed E-state index contributed by atoms with van der Waals surface area (Å²) in [5.74, 6) is 7.14. The number of ether oxygens (including phenoxy) is 1. The second-order valence-corrected chi connectivity index (χ2v) is 5.30. The molecule has 0 unspecified atom stereocenters. The van der Waals surface area contributed by atoms with Crippen LogP contribution in [-0.4, -0.2) is 27.1 Å². The number of rotatable bonds is 1. The van der Waals surface area contributed by atoms with E-state index in [-0.39, 0.29) is 0 Å². The van der Waals surface area contributed by atoms with Gasteiger partial charge in [-0.25, -0.2) is 9.78 Å². The fraction of sp³-hybridized carbons (Fsp3) is 0.222. The maximum atomic E-state index is 11.7. The number of aromatic nitrogens is 2. The molecule has 0 fully saturated rings. The smallest absolute Gasteiger partial charge is 0.415 e. The van der Waals surface area contributed by atoms with Crippen molar-refractivity contribution >= 4 is 6.09 Å². The van der Waals surface area contributed by atoms with E-state index >= 15 is 0 Å². The Morgan fingerprint density at radius 3 is 3.04 bits per heavy atom. The Morgan fingerprint density at radius 1 is 1.39 bits per heavy atom. The molecule has 23 heavy (non-hydrogen) atoms. The number of imidazole rings is 1. The minimum Gasteiger partial charge on any atom is -0.419 e. The molecule has 0 saturated heterocycles. The molecule has 0 radical (unpaired) electrons. The Hall–Kier alpha value is -3.00. The molecule has 0 atom stereocenters. The minimum absolute atomic E-state index is 0.401. The number of benzene rings is 1. The van der Waals surface area contributed by atoms with Gasteiger partial charge in [0.1, 0.15) is 11.5 Å². The van der Waals surface area contributed by atoms with E-state index < -0.39 is 6.09 Å². The van der Waals surface area contributed by atoms with Crippen LogP contribution in [0, 0.1) is 18.8 Å². The molecule has 1 aromatic heterocycles. The maximum Gasteiger partial charge on any atom is 0.415 e. The van der Waals surface area contributed by atoms with Crippen molar-refractivity contribution in [3.63, 3.8) is 0 Å². The Labute approximate surface area is 135 Å². The third-order valence-electron chi connectivity index (χ3n) is 3.66. The van der Waals surface area contributed by atoms with Crippen molar-refractivity contribution in [3.05, 3.63) is 65.9 Å². The average molecular weight is 307 g/mol. The van der Waals surface area contributed by atoms with Crippen LogP contribution < -0.4 is 0 Å². The van der Waals surface area contributed by atoms with Crippen LogP contribution >= 0.6 is 0 Å². The molecule has 1 aliphatic heterocycles. The number of hydrogen-bond acceptors (Lipinski definition) is 3. The van der Waals surface area contributed by atoms with Gasteiger partial charge in [0.2, 0.25) is 0 Å². The van der Waals surface area contributed by atoms with Crippen LogP contribution in [-0.2, 0) is 17.8 Å². The summed E-state index contributed by atoms with van der Waals surface area (Å²) in [5, 5.41) is 0. The quantitative estimate of drug-likeness (QED) is 0.601. The van der Waals surface area contributed by atoms with Gasteiger partial charge in [0, 0.05) is 18.7 Å². The van der Waals surface area contributed by atoms with Crippen molar-refractivity contribution in [3.8, 4) is 11.8 Å². The zero-order valence-electron chi connectivity index (χ0n) is 13.0. The summed E-state index contributed by atoms with van der Waals surface area (Å²) < 4.78 is 6.85. The first-order chi connectivity index (χ1) is 11.2. The zero-order valence-corrected chi connectivity index (χ0v) is 13.0. The van der Waals surface area contributed by atoms with Gasteiger partial charge in [-0.05, 0) is 30.5 Å². The molecule has 116 valence electrons. The summed E-state index contributed by atoms with van der Waals surface area (Å²) in [6, 6.07) is 8.07. The van der Waals surface area contributed by atoms with Gasteiger partial charge in [-0.1, -0.05) is 24.6 Å². The molecule has 3 rings (SSSR count). The normalized spacial score (nSPS) is 12.8. The third kappa shape index (κ3) is 3.27. The summed E-state index contributed by atoms with van der Waals surface area (Å²) >= 11 is 0. The Morgan fingerprint density at radius 2 is 2.26 bits per heavy atom. The molecule has 0 spiro atoms. The molecule has 1 amide bonds. The van der Waals surface area contributed by atoms with Crippen molar-refractivity contribution in [2.75, 3.05) is 6.54 Å². The van der Waals surface area contributed by atoms with Crippen LogP contribution in [0.3, 0.4) is 0 Å². The van der Waals surface area contributed by atoms with Crippen LogP contribution in [0.4, 0.5) is 4.79 Å². The van der Waals surface area contributed by atoms with Gasteiger partial charge in [0.05, 0.1) is 19.0 Å². The number of amides is 1. The first-order valence-electron chi connectivity index (χ1n) is 7.37. The average Bonchev–Trinajstić information content (AvgIpc) is 2.95. The van der Waals surface area contributed by atoms with E-state index in [1.165, 1.54) is 5.56 Å². The second-order valence-electron chi connectivity index (χ2n) is 5.30. The van der Waals surface area contributed by atoms with E-state index in [0.29, 0.717) is 19.6 Å². The standard InChI is InChI=1S/C18H17N3O2/c1-3-23-18(22)20-9-10-21-16(12-19-17(21)13-20)8-7-15-6-4-5-14(2)11-15/h3-6,11-12H,1,9-10,13H2,2H3. The number of fused-ring (bicyclic) bond motifs is 1. The number of nitrogens with zero attached hydrogens (tertiary/aromatic N) is 3. The molecule has 2 aromatic rings. The summed E-state index contributed by atoms with van der Waals surface area (Å²) in [7, 11) is 0. The molecule has 0 bridgehead atoms. The summed E-state index contributed by atoms with van der Waals surface area (Å²) in [6.07, 6.45) is 2.49. The lowest BCUT2D eigenvalue weighted by Gasteiger charge is -2.26. The van der Waals surface area contributed by atoms with Crippen molar-refractivity contribution in [1.82, 2.24) is 14.5 Å². The van der Waals surface area contributed by atoms with Crippen LogP contribution in [0.2, 0.25) is 0 Å². The van der Waals surface area contributed by atoms with Gasteiger partial charge in [0.15, 0.2) is 0 Å². The van der Waals surface area contributed by atoms with Crippen LogP contribution in [0.5, 0.6) is 0 Å². The highest BCUT2D eigenvalue weighted by Crippen LogP contribution is 2.15. The molecule has 5 nitrogen and oxygen atoms in total. The van der Waals surface area contributed by atoms with Gasteiger partial charge in [-0.2, -0.15) is 0 Å². The Kier molecular flexibility index (Phi) is 4.15. The predicted molar refractivity (Wildman–Crippen MR) is 86.5 cm³/mol. The molecule has 5 heteroatoms. The lowest BCUT2D eigenvalue weighted by Crippen LogP contribution is -2.38. The molecule has 1 aliphatic rings. The number of hydrogen-bond donors (Lipinski definition) is 0. The molecular formula is C18H17N3O2. The second kappa shape index (κ2) is 6.41. The molecule has 0 aliphatic carbocycles. The van der Waals surface area contributed by atoms with Crippen LogP contribution in [0.15, 0.2) is 43.3 Å². The first-order valence-corrected chi connectivity index (χ1v) is 7.37. The largest absolute Gasteiger partial charge is 0.419 e. The number of carbonyl (C=O) groups is 1. The predicted octanol–water partition coefficient (Wildman–Crippen LogP) is 2.69. The lowest BCUT2D eigenvalue weighted by atomic mass is 10.1. The highest BCUT2D eigenvalue weighted by atomic mass is 16.5. The van der Waals surface area contributed by atoms with E-state index in [9.17, 15) is 4.79 Å². The first kappa shape index (κ1) is 14.9. The summed E-state index contributed by atoms with van der Waals surface area (Å²) in [5.41, 5.74) is 3.02. The van der Waals surface area contributed by atoms with Gasteiger partial charge in [-0.15, -0.1) is 0 Å². The molecular weight excluding hydrogens is 290 g/mol. The zero-order chi connectivity index (χ0) is 16.2. The minimum atomic E-state index is -0.401. The number of carbonyl (C=O) groups excluding carboxylic acids is 1. The molecule has 2 heterocycles. The van der Waals surface area contributed by atoms with E-state index in [0.717, 1.165) is 23.3 Å². The fourth-order valence-corrected chi connectivity index (χ4v) is 2.52. The summed E-state index contributed by atoms with van der Waals surface area (Å²) in [4.78, 5) is 17.7. The van der Waals surface area contributed by atoms with Gasteiger partial charge < -0.3 is 9.30 Å². The van der Waals surface area contributed by atoms with Crippen molar-refractivity contribution < 1.29 is 9.53 Å². The SMILES string of the molecule is C=COC(=O)N1CCn2c(C#Cc3cccc(C)c3)cnc2C1. The topological polar surface area (TPSA) is 47.4 Å². The van der Waals surface area contributed by atoms with Crippen molar-refractivity contribution in [1.29, 1.82) is 0 Å². The lowest BCUT2D eigenvalue weighted by molar-refractivity contribution is 0.124. The van der Waals surface area contributed by atoms with Crippen molar-refractivity contribution in [2.45, 2.75) is 20.0 Å². The highest BCUT2D eigenvalue weighted by Gasteiger charge is 2.23. The molecule has 0 saturated carbocycles. The van der Waals surface area contributed by atoms with E-state index in [2.05, 4.69) is 23.4 Å². The van der Waals surface area contributed by atoms with E-state index in [4.69, 9.17) is 4.74 Å². The maximum absolute atomic E-state index is 11.7. The number of aryl methyl sites for hydroxylation is 1. The highest BCUT2D eigenvalue weighted by molar-refractivity contribution is 5.68. The van der Waals surface area contributed by atoms with Gasteiger partial charge in [0.25, 0.3) is 0 Å². The van der Waals surface area contributed by atoms with Crippen molar-refractivity contribution in [2.24, 2.45) is 0 Å². The molecule has 1 aromatic carbocycles. The Balaban J connectivity index is 1.79. The third-order valence-corrected chi connectivity index (χ3v) is 3.66. The summed E-state index contributed by atoms with van der Waals surface area (Å²) in [6.45, 7) is 7.07. The fourth-order valence-electron chi connectivity index (χ4n) is 2.52. The molecule has 0 N–H and O–H groups in total. The van der Waals surface area contributed by atoms with Gasteiger partial charge in [-0.3, -0.25) is 4.90 Å². The Bertz CT molecular complexity index is 811.